The van der Waals surface area contributed by atoms with Gasteiger partial charge in [-0.2, -0.15) is 5.26 Å². The van der Waals surface area contributed by atoms with Gasteiger partial charge in [0, 0.05) is 18.1 Å². The second kappa shape index (κ2) is 7.13. The molecule has 0 heterocycles. The summed E-state index contributed by atoms with van der Waals surface area (Å²) < 4.78 is 31.8. The highest BCUT2D eigenvalue weighted by atomic mass is 35.5. The van der Waals surface area contributed by atoms with Crippen molar-refractivity contribution in [3.63, 3.8) is 0 Å². The molecule has 2 aliphatic carbocycles. The predicted octanol–water partition coefficient (Wildman–Crippen LogP) is 2.03. The molecule has 2 unspecified atom stereocenters. The molecule has 2 saturated carbocycles. The largest absolute Gasteiger partial charge is 0.481 e. The lowest BCUT2D eigenvalue weighted by atomic mass is 9.75. The molecule has 11 heteroatoms. The number of amides is 1. The molecule has 156 valence electrons. The molecule has 8 nitrogen and oxygen atoms in total. The Morgan fingerprint density at radius 3 is 2.45 bits per heavy atom. The van der Waals surface area contributed by atoms with Crippen molar-refractivity contribution in [2.45, 2.75) is 35.5 Å². The summed E-state index contributed by atoms with van der Waals surface area (Å²) >= 11 is 11.9. The summed E-state index contributed by atoms with van der Waals surface area (Å²) in [5, 5.41) is 18.5. The Morgan fingerprint density at radius 2 is 2.00 bits per heavy atom. The second-order valence-corrected chi connectivity index (χ2v) is 10.5. The van der Waals surface area contributed by atoms with Crippen LogP contribution >= 0.6 is 23.2 Å². The molecule has 1 aromatic carbocycles. The van der Waals surface area contributed by atoms with E-state index in [-0.39, 0.29) is 34.2 Å². The van der Waals surface area contributed by atoms with Gasteiger partial charge in [0.2, 0.25) is 5.91 Å². The molecule has 1 aromatic rings. The molecule has 1 amide bonds. The highest BCUT2D eigenvalue weighted by Crippen LogP contribution is 2.66. The van der Waals surface area contributed by atoms with Crippen LogP contribution in [-0.2, 0) is 24.2 Å². The monoisotopic (exact) mass is 460 g/mol. The zero-order valence-electron chi connectivity index (χ0n) is 15.3. The van der Waals surface area contributed by atoms with Crippen LogP contribution in [0.4, 0.5) is 0 Å². The molecule has 29 heavy (non-hydrogen) atoms. The first-order valence-corrected chi connectivity index (χ1v) is 10.9. The molecule has 2 aliphatic rings. The summed E-state index contributed by atoms with van der Waals surface area (Å²) in [5.41, 5.74) is 1.96. The number of carboxylic acids is 1. The van der Waals surface area contributed by atoms with Crippen LogP contribution in [0.5, 0.6) is 0 Å². The smallest absolute Gasteiger partial charge is 0.312 e. The number of methoxy groups -OCH3 is 1. The number of hydrogen-bond acceptors (Lipinski definition) is 6. The molecule has 0 spiro atoms. The molecular weight excluding hydrogens is 443 g/mol. The zero-order valence-corrected chi connectivity index (χ0v) is 17.6. The van der Waals surface area contributed by atoms with Crippen LogP contribution in [0.25, 0.3) is 0 Å². The standard InChI is InChI=1S/C18H18Cl2N2O6S/c1-28-14-5-10(29(26,27)12-3-2-9(19)4-11(12)20)6-18(14,16(24)25)13-7-17(13,8-21)15(22)23/h2-4,10,13-14H,5-7H2,1H3,(H2,22,23)(H,24,25)/t10-,13?,14+,17?,18+/m1/s1. The number of hydrogen-bond donors (Lipinski definition) is 2. The van der Waals surface area contributed by atoms with Crippen molar-refractivity contribution in [1.29, 1.82) is 5.26 Å². The average molecular weight is 461 g/mol. The first-order chi connectivity index (χ1) is 13.5. The van der Waals surface area contributed by atoms with E-state index in [9.17, 15) is 28.4 Å². The normalized spacial score (nSPS) is 33.8. The number of benzene rings is 1. The van der Waals surface area contributed by atoms with Crippen LogP contribution < -0.4 is 5.73 Å². The van der Waals surface area contributed by atoms with E-state index in [1.165, 1.54) is 25.3 Å². The summed E-state index contributed by atoms with van der Waals surface area (Å²) in [6, 6.07) is 5.76. The molecule has 3 rings (SSSR count). The first-order valence-electron chi connectivity index (χ1n) is 8.63. The first kappa shape index (κ1) is 21.8. The van der Waals surface area contributed by atoms with Crippen LogP contribution in [0.3, 0.4) is 0 Å². The van der Waals surface area contributed by atoms with Gasteiger partial charge < -0.3 is 15.6 Å². The minimum absolute atomic E-state index is 0.0561. The van der Waals surface area contributed by atoms with Crippen LogP contribution in [0, 0.1) is 28.1 Å². The number of nitriles is 1. The van der Waals surface area contributed by atoms with E-state index in [1.807, 2.05) is 6.07 Å². The number of sulfone groups is 1. The number of aliphatic carboxylic acids is 1. The Labute approximate surface area is 177 Å². The minimum Gasteiger partial charge on any atom is -0.481 e. The highest BCUT2D eigenvalue weighted by Gasteiger charge is 2.75. The number of primary amides is 1. The van der Waals surface area contributed by atoms with E-state index in [1.54, 1.807) is 0 Å². The van der Waals surface area contributed by atoms with Crippen molar-refractivity contribution in [2.75, 3.05) is 7.11 Å². The highest BCUT2D eigenvalue weighted by molar-refractivity contribution is 7.92. The van der Waals surface area contributed by atoms with Gasteiger partial charge in [-0.25, -0.2) is 8.42 Å². The van der Waals surface area contributed by atoms with Gasteiger partial charge in [-0.05, 0) is 37.5 Å². The van der Waals surface area contributed by atoms with Gasteiger partial charge in [0.25, 0.3) is 0 Å². The fourth-order valence-electron chi connectivity index (χ4n) is 4.55. The lowest BCUT2D eigenvalue weighted by molar-refractivity contribution is -0.159. The number of carboxylic acid groups (broad SMARTS) is 1. The maximum Gasteiger partial charge on any atom is 0.312 e. The Hall–Kier alpha value is -1.86. The lowest BCUT2D eigenvalue weighted by Gasteiger charge is -2.31. The number of nitrogens with two attached hydrogens (primary N) is 1. The minimum atomic E-state index is -4.04. The fourth-order valence-corrected chi connectivity index (χ4v) is 7.15. The number of rotatable bonds is 6. The SMILES string of the molecule is CO[C@H]1C[C@@H](S(=O)(=O)c2ccc(Cl)cc2Cl)C[C@]1(C(=O)O)C1CC1(C#N)C(N)=O. The van der Waals surface area contributed by atoms with Gasteiger partial charge in [-0.15, -0.1) is 0 Å². The van der Waals surface area contributed by atoms with Gasteiger partial charge in [-0.3, -0.25) is 9.59 Å². The molecule has 3 N–H and O–H groups in total. The molecule has 0 saturated heterocycles. The predicted molar refractivity (Wildman–Crippen MR) is 103 cm³/mol. The van der Waals surface area contributed by atoms with Gasteiger partial charge in [-0.1, -0.05) is 23.2 Å². The van der Waals surface area contributed by atoms with Crippen LogP contribution in [0.2, 0.25) is 10.0 Å². The number of carbonyl (C=O) groups excluding carboxylic acids is 1. The maximum absolute atomic E-state index is 13.2. The molecule has 0 aliphatic heterocycles. The third-order valence-corrected chi connectivity index (χ3v) is 9.03. The molecule has 0 bridgehead atoms. The average Bonchev–Trinajstić information content (AvgIpc) is 3.26. The van der Waals surface area contributed by atoms with Crippen LogP contribution in [-0.4, -0.2) is 43.9 Å². The summed E-state index contributed by atoms with van der Waals surface area (Å²) in [6.45, 7) is 0. The Kier molecular flexibility index (Phi) is 5.37. The van der Waals surface area contributed by atoms with E-state index in [0.29, 0.717) is 0 Å². The maximum atomic E-state index is 13.2. The summed E-state index contributed by atoms with van der Waals surface area (Å²) in [5.74, 6) is -3.19. The molecule has 2 fully saturated rings. The Balaban J connectivity index is 2.05. The summed E-state index contributed by atoms with van der Waals surface area (Å²) in [6.07, 6.45) is -1.53. The molecular formula is C18H18Cl2N2O6S. The number of ether oxygens (including phenoxy) is 1. The van der Waals surface area contributed by atoms with Gasteiger partial charge in [0.15, 0.2) is 9.84 Å². The van der Waals surface area contributed by atoms with E-state index in [4.69, 9.17) is 33.7 Å². The zero-order chi connectivity index (χ0) is 21.8. The van der Waals surface area contributed by atoms with Gasteiger partial charge >= 0.3 is 5.97 Å². The van der Waals surface area contributed by atoms with Gasteiger partial charge in [0.1, 0.15) is 10.8 Å². The number of nitrogens with zero attached hydrogens (tertiary/aromatic N) is 1. The van der Waals surface area contributed by atoms with E-state index >= 15 is 0 Å². The van der Waals surface area contributed by atoms with Crippen molar-refractivity contribution in [2.24, 2.45) is 22.5 Å². The molecule has 0 aromatic heterocycles. The quantitative estimate of drug-likeness (QED) is 0.659. The molecule has 0 radical (unpaired) electrons. The summed E-state index contributed by atoms with van der Waals surface area (Å²) in [7, 11) is -2.77. The second-order valence-electron chi connectivity index (χ2n) is 7.46. The number of halogens is 2. The Bertz CT molecular complexity index is 1040. The van der Waals surface area contributed by atoms with Crippen molar-refractivity contribution in [3.05, 3.63) is 28.2 Å². The van der Waals surface area contributed by atoms with Crippen molar-refractivity contribution in [3.8, 4) is 6.07 Å². The van der Waals surface area contributed by atoms with Crippen LogP contribution in [0.15, 0.2) is 23.1 Å². The van der Waals surface area contributed by atoms with Crippen LogP contribution in [0.1, 0.15) is 19.3 Å². The van der Waals surface area contributed by atoms with Crippen molar-refractivity contribution < 1.29 is 27.9 Å². The number of carbonyl (C=O) groups is 2. The fraction of sp³-hybridized carbons (Fsp3) is 0.500. The van der Waals surface area contributed by atoms with E-state index in [0.717, 1.165) is 0 Å². The van der Waals surface area contributed by atoms with Gasteiger partial charge in [0.05, 0.1) is 27.3 Å². The third-order valence-electron chi connectivity index (χ3n) is 6.16. The van der Waals surface area contributed by atoms with E-state index in [2.05, 4.69) is 0 Å². The third kappa shape index (κ3) is 3.10. The lowest BCUT2D eigenvalue weighted by Crippen LogP contribution is -2.44. The summed E-state index contributed by atoms with van der Waals surface area (Å²) in [4.78, 5) is 24.0. The van der Waals surface area contributed by atoms with E-state index < -0.39 is 49.8 Å². The van der Waals surface area contributed by atoms with Crippen molar-refractivity contribution in [1.82, 2.24) is 0 Å². The van der Waals surface area contributed by atoms with Crippen molar-refractivity contribution >= 4 is 44.9 Å². The topological polar surface area (TPSA) is 148 Å². The molecule has 5 atom stereocenters. The Morgan fingerprint density at radius 1 is 1.34 bits per heavy atom.